The van der Waals surface area contributed by atoms with Gasteiger partial charge in [-0.15, -0.1) is 0 Å². The summed E-state index contributed by atoms with van der Waals surface area (Å²) in [6.07, 6.45) is 5.45. The topological polar surface area (TPSA) is 79.3 Å². The maximum atomic E-state index is 10.7. The van der Waals surface area contributed by atoms with E-state index in [4.69, 9.17) is 22.4 Å². The Morgan fingerprint density at radius 3 is 1.06 bits per heavy atom. The molecule has 0 fully saturated rings. The molecule has 0 saturated heterocycles. The number of nitrogens with zero attached hydrogens (tertiary/aromatic N) is 2. The van der Waals surface area contributed by atoms with Gasteiger partial charge in [0.25, 0.3) is 0 Å². The predicted octanol–water partition coefficient (Wildman–Crippen LogP) is 9.74. The molecule has 0 atom stereocenters. The summed E-state index contributed by atoms with van der Waals surface area (Å²) in [7, 11) is -2.43. The first-order valence-corrected chi connectivity index (χ1v) is 18.2. The van der Waals surface area contributed by atoms with Crippen LogP contribution in [0.4, 0.5) is 24.5 Å². The standard InChI is InChI=1S/C39H46N2O2.CHF3O3S/c1-7-40(8-2)34-22-14-30(15-23-34)38(32-18-26-36(42-5)27-19-32)12-11-13-39(33-20-28-37(43-6)29-21-33)31-16-24-35(25-17-31)41(9-3)10-4;2-1(3,4)8(5,6)7/h12-29H,7-11H2,1-6H3;(H,5,6,7)/b38-12-,39-13-;. The Labute approximate surface area is 300 Å². The molecule has 0 aliphatic heterocycles. The fourth-order valence-electron chi connectivity index (χ4n) is 5.52. The number of alkyl halides is 3. The highest BCUT2D eigenvalue weighted by atomic mass is 32.2. The number of allylic oxidation sites excluding steroid dienone is 2. The quantitative estimate of drug-likeness (QED) is 0.103. The third-order valence-corrected chi connectivity index (χ3v) is 8.94. The molecule has 4 rings (SSSR count). The molecule has 0 heterocycles. The van der Waals surface area contributed by atoms with Crippen LogP contribution < -0.4 is 19.3 Å². The minimum atomic E-state index is -5.84. The second kappa shape index (κ2) is 19.0. The molecule has 0 aliphatic rings. The van der Waals surface area contributed by atoms with Gasteiger partial charge in [-0.05, 0) is 116 Å². The lowest BCUT2D eigenvalue weighted by Gasteiger charge is -2.21. The molecule has 0 radical (unpaired) electrons. The second-order valence-electron chi connectivity index (χ2n) is 11.3. The highest BCUT2D eigenvalue weighted by Gasteiger charge is 2.44. The second-order valence-corrected chi connectivity index (χ2v) is 12.7. The summed E-state index contributed by atoms with van der Waals surface area (Å²) >= 11 is 0. The van der Waals surface area contributed by atoms with E-state index in [9.17, 15) is 13.2 Å². The first-order chi connectivity index (χ1) is 24.3. The van der Waals surface area contributed by atoms with Gasteiger partial charge >= 0.3 is 15.6 Å². The Balaban J connectivity index is 0.000000783. The molecule has 1 N–H and O–H groups in total. The van der Waals surface area contributed by atoms with Crippen molar-refractivity contribution < 1.29 is 35.6 Å². The fraction of sp³-hybridized carbons (Fsp3) is 0.300. The summed E-state index contributed by atoms with van der Waals surface area (Å²) in [5, 5.41) is 0. The van der Waals surface area contributed by atoms with E-state index in [0.717, 1.165) is 44.1 Å². The molecule has 0 aliphatic carbocycles. The van der Waals surface area contributed by atoms with Gasteiger partial charge in [0, 0.05) is 37.6 Å². The molecule has 51 heavy (non-hydrogen) atoms. The van der Waals surface area contributed by atoms with Gasteiger partial charge in [-0.2, -0.15) is 21.6 Å². The number of methoxy groups -OCH3 is 2. The molecule has 4 aromatic carbocycles. The van der Waals surface area contributed by atoms with E-state index in [1.807, 2.05) is 24.3 Å². The zero-order chi connectivity index (χ0) is 37.6. The summed E-state index contributed by atoms with van der Waals surface area (Å²) in [5.41, 5.74) is 4.10. The lowest BCUT2D eigenvalue weighted by Crippen LogP contribution is -2.21. The summed E-state index contributed by atoms with van der Waals surface area (Å²) in [6, 6.07) is 34.6. The van der Waals surface area contributed by atoms with Gasteiger partial charge in [0.2, 0.25) is 0 Å². The summed E-state index contributed by atoms with van der Waals surface area (Å²) < 4.78 is 68.4. The average Bonchev–Trinajstić information content (AvgIpc) is 3.13. The van der Waals surface area contributed by atoms with Crippen molar-refractivity contribution in [2.24, 2.45) is 0 Å². The zero-order valence-electron chi connectivity index (χ0n) is 29.9. The predicted molar refractivity (Wildman–Crippen MR) is 202 cm³/mol. The van der Waals surface area contributed by atoms with Gasteiger partial charge in [-0.1, -0.05) is 60.7 Å². The van der Waals surface area contributed by atoms with E-state index >= 15 is 0 Å². The van der Waals surface area contributed by atoms with E-state index in [1.165, 1.54) is 44.8 Å². The van der Waals surface area contributed by atoms with E-state index in [-0.39, 0.29) is 0 Å². The smallest absolute Gasteiger partial charge is 0.497 e. The number of halogens is 3. The van der Waals surface area contributed by atoms with Crippen LogP contribution in [0.5, 0.6) is 11.5 Å². The Bertz CT molecular complexity index is 1700. The first-order valence-electron chi connectivity index (χ1n) is 16.7. The fourth-order valence-corrected chi connectivity index (χ4v) is 5.52. The number of hydrogen-bond acceptors (Lipinski definition) is 6. The van der Waals surface area contributed by atoms with Crippen molar-refractivity contribution in [3.63, 3.8) is 0 Å². The first kappa shape index (κ1) is 40.7. The zero-order valence-corrected chi connectivity index (χ0v) is 30.8. The lowest BCUT2D eigenvalue weighted by molar-refractivity contribution is -0.0510. The van der Waals surface area contributed by atoms with Crippen LogP contribution in [0.15, 0.2) is 109 Å². The van der Waals surface area contributed by atoms with Crippen LogP contribution in [0, 0.1) is 0 Å². The average molecular weight is 725 g/mol. The normalized spacial score (nSPS) is 12.1. The maximum absolute atomic E-state index is 10.7. The molecule has 0 saturated carbocycles. The van der Waals surface area contributed by atoms with Crippen LogP contribution in [-0.2, 0) is 10.1 Å². The minimum Gasteiger partial charge on any atom is -0.497 e. The van der Waals surface area contributed by atoms with Crippen LogP contribution in [0.1, 0.15) is 56.4 Å². The number of rotatable bonds is 14. The summed E-state index contributed by atoms with van der Waals surface area (Å²) in [4.78, 5) is 4.74. The van der Waals surface area contributed by atoms with Gasteiger partial charge in [0.1, 0.15) is 11.5 Å². The van der Waals surface area contributed by atoms with Crippen LogP contribution >= 0.6 is 0 Å². The Kier molecular flexibility index (Phi) is 15.2. The van der Waals surface area contributed by atoms with E-state index in [1.54, 1.807) is 14.2 Å². The number of ether oxygens (including phenoxy) is 2. The van der Waals surface area contributed by atoms with Crippen LogP contribution in [0.25, 0.3) is 11.1 Å². The monoisotopic (exact) mass is 724 g/mol. The molecule has 7 nitrogen and oxygen atoms in total. The largest absolute Gasteiger partial charge is 0.522 e. The van der Waals surface area contributed by atoms with Crippen molar-refractivity contribution in [2.45, 2.75) is 39.6 Å². The molecule has 0 spiro atoms. The molecule has 4 aromatic rings. The van der Waals surface area contributed by atoms with Crippen molar-refractivity contribution in [1.82, 2.24) is 0 Å². The summed E-state index contributed by atoms with van der Waals surface area (Å²) in [5.74, 6) is 1.71. The number of anilines is 2. The Morgan fingerprint density at radius 1 is 0.588 bits per heavy atom. The molecule has 0 bridgehead atoms. The summed E-state index contributed by atoms with van der Waals surface area (Å²) in [6.45, 7) is 12.8. The lowest BCUT2D eigenvalue weighted by atomic mass is 9.94. The highest BCUT2D eigenvalue weighted by Crippen LogP contribution is 2.31. The van der Waals surface area contributed by atoms with Gasteiger partial charge < -0.3 is 19.3 Å². The molecule has 274 valence electrons. The van der Waals surface area contributed by atoms with E-state index in [2.05, 4.69) is 122 Å². The number of benzene rings is 4. The highest BCUT2D eigenvalue weighted by molar-refractivity contribution is 7.86. The van der Waals surface area contributed by atoms with Crippen molar-refractivity contribution in [3.8, 4) is 11.5 Å². The SMILES string of the molecule is CCN(CC)c1ccc(/C(=C/C/C=C(\c2ccc(OC)cc2)c2ccc(N(CC)CC)cc2)c2ccc(OC)cc2)cc1.O=S(=O)(O)C(F)(F)F. The van der Waals surface area contributed by atoms with E-state index < -0.39 is 15.6 Å². The van der Waals surface area contributed by atoms with Gasteiger partial charge in [0.05, 0.1) is 14.2 Å². The van der Waals surface area contributed by atoms with Crippen LogP contribution in [0.3, 0.4) is 0 Å². The third kappa shape index (κ3) is 11.4. The molecule has 11 heteroatoms. The molecule has 0 aromatic heterocycles. The third-order valence-electron chi connectivity index (χ3n) is 8.35. The van der Waals surface area contributed by atoms with Crippen molar-refractivity contribution in [2.75, 3.05) is 50.2 Å². The molecule has 0 unspecified atom stereocenters. The van der Waals surface area contributed by atoms with Crippen molar-refractivity contribution in [1.29, 1.82) is 0 Å². The van der Waals surface area contributed by atoms with Gasteiger partial charge in [0.15, 0.2) is 0 Å². The van der Waals surface area contributed by atoms with Crippen LogP contribution in [0.2, 0.25) is 0 Å². The molecular formula is C40H47F3N2O5S. The number of hydrogen-bond donors (Lipinski definition) is 1. The minimum absolute atomic E-state index is 0.776. The van der Waals surface area contributed by atoms with Crippen LogP contribution in [-0.4, -0.2) is 58.9 Å². The van der Waals surface area contributed by atoms with Crippen molar-refractivity contribution >= 4 is 32.6 Å². The van der Waals surface area contributed by atoms with Gasteiger partial charge in [-0.3, -0.25) is 4.55 Å². The van der Waals surface area contributed by atoms with Crippen molar-refractivity contribution in [3.05, 3.63) is 131 Å². The maximum Gasteiger partial charge on any atom is 0.522 e. The van der Waals surface area contributed by atoms with Gasteiger partial charge in [-0.25, -0.2) is 0 Å². The Hall–Kier alpha value is -4.74. The Morgan fingerprint density at radius 2 is 0.843 bits per heavy atom. The molecule has 0 amide bonds. The van der Waals surface area contributed by atoms with E-state index in [0.29, 0.717) is 0 Å². The molecular weight excluding hydrogens is 678 g/mol.